The second kappa shape index (κ2) is 7.23. The van der Waals surface area contributed by atoms with Crippen LogP contribution in [0, 0.1) is 0 Å². The van der Waals surface area contributed by atoms with Crippen LogP contribution in [-0.2, 0) is 12.1 Å². The number of benzene rings is 2. The summed E-state index contributed by atoms with van der Waals surface area (Å²) in [5.74, 6) is 0.898. The predicted molar refractivity (Wildman–Crippen MR) is 104 cm³/mol. The average Bonchev–Trinajstić information content (AvgIpc) is 3.14. The normalized spacial score (nSPS) is 17.3. The Morgan fingerprint density at radius 1 is 1.04 bits per heavy atom. The minimum Gasteiger partial charge on any atom is -0.385 e. The standard InChI is InChI=1S/C21H22ClN3O/c22-18-8-6-17(7-9-18)21(26)10-12-25(13-11-21)15-19-14-23-20(24-19)16-4-2-1-3-5-16/h1-9,14,26H,10-13,15H2,(H,23,24). The lowest BCUT2D eigenvalue weighted by atomic mass is 9.84. The number of halogens is 1. The van der Waals surface area contributed by atoms with Crippen LogP contribution in [0.2, 0.25) is 5.02 Å². The fourth-order valence-electron chi connectivity index (χ4n) is 3.55. The number of nitrogens with zero attached hydrogens (tertiary/aromatic N) is 2. The number of rotatable bonds is 4. The maximum absolute atomic E-state index is 11.0. The molecule has 0 aliphatic carbocycles. The summed E-state index contributed by atoms with van der Waals surface area (Å²) in [7, 11) is 0. The molecule has 2 heterocycles. The molecular weight excluding hydrogens is 346 g/mol. The molecule has 1 aliphatic rings. The lowest BCUT2D eigenvalue weighted by Crippen LogP contribution is -2.42. The summed E-state index contributed by atoms with van der Waals surface area (Å²) >= 11 is 5.96. The number of aromatic amines is 1. The highest BCUT2D eigenvalue weighted by Crippen LogP contribution is 2.33. The Hall–Kier alpha value is -2.14. The quantitative estimate of drug-likeness (QED) is 0.726. The van der Waals surface area contributed by atoms with Gasteiger partial charge in [-0.15, -0.1) is 0 Å². The van der Waals surface area contributed by atoms with Gasteiger partial charge in [0.25, 0.3) is 0 Å². The molecule has 0 unspecified atom stereocenters. The maximum Gasteiger partial charge on any atom is 0.137 e. The van der Waals surface area contributed by atoms with Crippen LogP contribution in [0.3, 0.4) is 0 Å². The highest BCUT2D eigenvalue weighted by molar-refractivity contribution is 6.30. The third-order valence-electron chi connectivity index (χ3n) is 5.13. The molecule has 4 nitrogen and oxygen atoms in total. The van der Waals surface area contributed by atoms with Crippen LogP contribution >= 0.6 is 11.6 Å². The summed E-state index contributed by atoms with van der Waals surface area (Å²) in [5.41, 5.74) is 2.38. The Morgan fingerprint density at radius 3 is 2.42 bits per heavy atom. The van der Waals surface area contributed by atoms with Crippen LogP contribution in [0.15, 0.2) is 60.8 Å². The van der Waals surface area contributed by atoms with Gasteiger partial charge >= 0.3 is 0 Å². The van der Waals surface area contributed by atoms with E-state index < -0.39 is 5.60 Å². The summed E-state index contributed by atoms with van der Waals surface area (Å²) in [5, 5.41) is 11.7. The zero-order chi connectivity index (χ0) is 18.0. The molecule has 0 atom stereocenters. The molecule has 3 aromatic rings. The molecule has 0 radical (unpaired) electrons. The van der Waals surface area contributed by atoms with Crippen LogP contribution in [0.4, 0.5) is 0 Å². The predicted octanol–water partition coefficient (Wildman–Crippen LogP) is 4.21. The molecule has 0 bridgehead atoms. The van der Waals surface area contributed by atoms with Crippen molar-refractivity contribution in [1.82, 2.24) is 14.9 Å². The van der Waals surface area contributed by atoms with Gasteiger partial charge in [0.2, 0.25) is 0 Å². The Bertz CT molecular complexity index is 852. The summed E-state index contributed by atoms with van der Waals surface area (Å²) < 4.78 is 0. The van der Waals surface area contributed by atoms with E-state index >= 15 is 0 Å². The highest BCUT2D eigenvalue weighted by atomic mass is 35.5. The van der Waals surface area contributed by atoms with E-state index in [1.807, 2.05) is 48.7 Å². The smallest absolute Gasteiger partial charge is 0.137 e. The molecule has 4 rings (SSSR count). The van der Waals surface area contributed by atoms with Crippen molar-refractivity contribution in [3.05, 3.63) is 77.1 Å². The number of likely N-dealkylation sites (tertiary alicyclic amines) is 1. The van der Waals surface area contributed by atoms with Gasteiger partial charge in [0.1, 0.15) is 5.82 Å². The van der Waals surface area contributed by atoms with Crippen LogP contribution in [-0.4, -0.2) is 33.1 Å². The van der Waals surface area contributed by atoms with Crippen molar-refractivity contribution in [2.75, 3.05) is 13.1 Å². The van der Waals surface area contributed by atoms with Gasteiger partial charge in [-0.2, -0.15) is 0 Å². The fraction of sp³-hybridized carbons (Fsp3) is 0.286. The van der Waals surface area contributed by atoms with Crippen LogP contribution < -0.4 is 0 Å². The van der Waals surface area contributed by atoms with Gasteiger partial charge in [0.15, 0.2) is 0 Å². The molecule has 1 aliphatic heterocycles. The number of aromatic nitrogens is 2. The zero-order valence-corrected chi connectivity index (χ0v) is 15.3. The van der Waals surface area contributed by atoms with Crippen molar-refractivity contribution in [2.45, 2.75) is 25.0 Å². The number of aliphatic hydroxyl groups is 1. The summed E-state index contributed by atoms with van der Waals surface area (Å²) in [4.78, 5) is 10.3. The third-order valence-corrected chi connectivity index (χ3v) is 5.39. The van der Waals surface area contributed by atoms with Crippen molar-refractivity contribution in [2.24, 2.45) is 0 Å². The third kappa shape index (κ3) is 3.68. The SMILES string of the molecule is OC1(c2ccc(Cl)cc2)CCN(Cc2cnc(-c3ccccc3)[nH]2)CC1. The molecule has 1 fully saturated rings. The number of nitrogens with one attached hydrogen (secondary N) is 1. The molecule has 2 aromatic carbocycles. The summed E-state index contributed by atoms with van der Waals surface area (Å²) in [6, 6.07) is 17.7. The number of hydrogen-bond donors (Lipinski definition) is 2. The molecule has 134 valence electrons. The lowest BCUT2D eigenvalue weighted by Gasteiger charge is -2.38. The van der Waals surface area contributed by atoms with E-state index in [0.29, 0.717) is 17.9 Å². The van der Waals surface area contributed by atoms with Gasteiger partial charge in [-0.1, -0.05) is 54.1 Å². The van der Waals surface area contributed by atoms with Gasteiger partial charge in [0.05, 0.1) is 5.60 Å². The van der Waals surface area contributed by atoms with Crippen molar-refractivity contribution in [1.29, 1.82) is 0 Å². The first-order valence-electron chi connectivity index (χ1n) is 8.92. The van der Waals surface area contributed by atoms with E-state index in [1.165, 1.54) is 0 Å². The number of piperidine rings is 1. The van der Waals surface area contributed by atoms with Crippen molar-refractivity contribution in [3.63, 3.8) is 0 Å². The Balaban J connectivity index is 1.38. The first-order valence-corrected chi connectivity index (χ1v) is 9.30. The largest absolute Gasteiger partial charge is 0.385 e. The van der Waals surface area contributed by atoms with Gasteiger partial charge in [0, 0.05) is 42.1 Å². The maximum atomic E-state index is 11.0. The van der Waals surface area contributed by atoms with Crippen molar-refractivity contribution < 1.29 is 5.11 Å². The van der Waals surface area contributed by atoms with E-state index in [4.69, 9.17) is 11.6 Å². The van der Waals surface area contributed by atoms with E-state index in [0.717, 1.165) is 42.3 Å². The van der Waals surface area contributed by atoms with Gasteiger partial charge < -0.3 is 10.1 Å². The summed E-state index contributed by atoms with van der Waals surface area (Å²) in [6.45, 7) is 2.51. The highest BCUT2D eigenvalue weighted by Gasteiger charge is 2.33. The van der Waals surface area contributed by atoms with E-state index in [-0.39, 0.29) is 0 Å². The van der Waals surface area contributed by atoms with Crippen molar-refractivity contribution >= 4 is 11.6 Å². The van der Waals surface area contributed by atoms with Gasteiger partial charge in [-0.3, -0.25) is 4.90 Å². The van der Waals surface area contributed by atoms with Gasteiger partial charge in [-0.25, -0.2) is 4.98 Å². The van der Waals surface area contributed by atoms with Crippen LogP contribution in [0.1, 0.15) is 24.1 Å². The average molecular weight is 368 g/mol. The zero-order valence-electron chi connectivity index (χ0n) is 14.5. The second-order valence-electron chi connectivity index (χ2n) is 6.94. The molecule has 0 amide bonds. The Labute approximate surface area is 158 Å². The number of hydrogen-bond acceptors (Lipinski definition) is 3. The van der Waals surface area contributed by atoms with Crippen molar-refractivity contribution in [3.8, 4) is 11.4 Å². The topological polar surface area (TPSA) is 52.1 Å². The molecule has 1 aromatic heterocycles. The minimum atomic E-state index is -0.760. The molecule has 0 saturated carbocycles. The Kier molecular flexibility index (Phi) is 4.81. The second-order valence-corrected chi connectivity index (χ2v) is 7.37. The Morgan fingerprint density at radius 2 is 1.73 bits per heavy atom. The number of imidazole rings is 1. The summed E-state index contributed by atoms with van der Waals surface area (Å²) in [6.07, 6.45) is 3.34. The molecule has 0 spiro atoms. The first-order chi connectivity index (χ1) is 12.6. The van der Waals surface area contributed by atoms with E-state index in [2.05, 4.69) is 27.0 Å². The minimum absolute atomic E-state index is 0.697. The molecular formula is C21H22ClN3O. The molecule has 1 saturated heterocycles. The van der Waals surface area contributed by atoms with Crippen LogP contribution in [0.25, 0.3) is 11.4 Å². The molecule has 5 heteroatoms. The fourth-order valence-corrected chi connectivity index (χ4v) is 3.68. The lowest BCUT2D eigenvalue weighted by molar-refractivity contribution is -0.0279. The monoisotopic (exact) mass is 367 g/mol. The molecule has 2 N–H and O–H groups in total. The van der Waals surface area contributed by atoms with Crippen LogP contribution in [0.5, 0.6) is 0 Å². The number of H-pyrrole nitrogens is 1. The molecule has 26 heavy (non-hydrogen) atoms. The first kappa shape index (κ1) is 17.3. The van der Waals surface area contributed by atoms with E-state index in [1.54, 1.807) is 0 Å². The van der Waals surface area contributed by atoms with E-state index in [9.17, 15) is 5.11 Å². The van der Waals surface area contributed by atoms with Gasteiger partial charge in [-0.05, 0) is 30.5 Å².